The van der Waals surface area contributed by atoms with Gasteiger partial charge in [0.2, 0.25) is 0 Å². The lowest BCUT2D eigenvalue weighted by atomic mass is 9.98. The highest BCUT2D eigenvalue weighted by Crippen LogP contribution is 2.39. The second-order valence-corrected chi connectivity index (χ2v) is 5.11. The topological polar surface area (TPSA) is 49.3 Å². The summed E-state index contributed by atoms with van der Waals surface area (Å²) in [6.45, 7) is 3.89. The van der Waals surface area contributed by atoms with Crippen LogP contribution in [0.5, 0.6) is 5.75 Å². The zero-order valence-corrected chi connectivity index (χ0v) is 9.96. The van der Waals surface area contributed by atoms with Gasteiger partial charge in [0.25, 0.3) is 5.91 Å². The molecule has 1 saturated carbocycles. The Balaban J connectivity index is 2.14. The van der Waals surface area contributed by atoms with Crippen LogP contribution in [-0.4, -0.2) is 16.6 Å². The van der Waals surface area contributed by atoms with Crippen LogP contribution in [0.2, 0.25) is 0 Å². The third kappa shape index (κ3) is 2.57. The molecule has 1 amide bonds. The average molecular weight is 237 g/mol. The summed E-state index contributed by atoms with van der Waals surface area (Å²) in [5.41, 5.74) is -0.335. The van der Waals surface area contributed by atoms with E-state index >= 15 is 0 Å². The van der Waals surface area contributed by atoms with E-state index in [4.69, 9.17) is 5.11 Å². The molecule has 0 atom stereocenters. The first-order chi connectivity index (χ1) is 7.90. The van der Waals surface area contributed by atoms with E-state index < -0.39 is 11.7 Å². The van der Waals surface area contributed by atoms with E-state index in [0.29, 0.717) is 5.92 Å². The summed E-state index contributed by atoms with van der Waals surface area (Å²) in [5, 5.41) is 11.9. The Morgan fingerprint density at radius 1 is 1.47 bits per heavy atom. The van der Waals surface area contributed by atoms with E-state index in [9.17, 15) is 9.18 Å². The number of aromatic hydroxyl groups is 1. The number of rotatable bonds is 3. The normalized spacial score (nSPS) is 15.7. The van der Waals surface area contributed by atoms with Crippen LogP contribution in [-0.2, 0) is 0 Å². The molecule has 3 nitrogen and oxygen atoms in total. The molecule has 0 unspecified atom stereocenters. The summed E-state index contributed by atoms with van der Waals surface area (Å²) < 4.78 is 13.5. The fourth-order valence-electron chi connectivity index (χ4n) is 1.96. The summed E-state index contributed by atoms with van der Waals surface area (Å²) >= 11 is 0. The number of phenolic OH excluding ortho intramolecular Hbond substituents is 1. The van der Waals surface area contributed by atoms with E-state index in [0.717, 1.165) is 18.9 Å². The van der Waals surface area contributed by atoms with Crippen LogP contribution in [0.15, 0.2) is 18.2 Å². The van der Waals surface area contributed by atoms with Crippen molar-refractivity contribution in [3.63, 3.8) is 0 Å². The number of nitrogens with one attached hydrogen (secondary N) is 1. The van der Waals surface area contributed by atoms with Crippen LogP contribution in [0.3, 0.4) is 0 Å². The molecule has 2 rings (SSSR count). The smallest absolute Gasteiger partial charge is 0.254 e. The van der Waals surface area contributed by atoms with E-state index in [2.05, 4.69) is 5.32 Å². The van der Waals surface area contributed by atoms with Gasteiger partial charge in [-0.3, -0.25) is 4.79 Å². The molecule has 0 saturated heterocycles. The highest BCUT2D eigenvalue weighted by Gasteiger charge is 2.39. The molecule has 17 heavy (non-hydrogen) atoms. The lowest BCUT2D eigenvalue weighted by molar-refractivity contribution is 0.0899. The van der Waals surface area contributed by atoms with Gasteiger partial charge in [-0.05, 0) is 44.7 Å². The molecule has 0 spiro atoms. The van der Waals surface area contributed by atoms with Crippen LogP contribution in [0, 0.1) is 11.7 Å². The highest BCUT2D eigenvalue weighted by atomic mass is 19.1. The number of carbonyl (C=O) groups excluding carboxylic acids is 1. The predicted molar refractivity (Wildman–Crippen MR) is 62.3 cm³/mol. The van der Waals surface area contributed by atoms with Gasteiger partial charge in [0, 0.05) is 11.6 Å². The van der Waals surface area contributed by atoms with Crippen molar-refractivity contribution < 1.29 is 14.3 Å². The maximum Gasteiger partial charge on any atom is 0.254 e. The summed E-state index contributed by atoms with van der Waals surface area (Å²) in [6, 6.07) is 3.55. The van der Waals surface area contributed by atoms with Gasteiger partial charge in [0.1, 0.15) is 11.6 Å². The average Bonchev–Trinajstić information content (AvgIpc) is 2.98. The van der Waals surface area contributed by atoms with Crippen molar-refractivity contribution in [1.29, 1.82) is 0 Å². The molecule has 0 heterocycles. The lowest BCUT2D eigenvalue weighted by Gasteiger charge is -2.26. The Hall–Kier alpha value is -1.58. The number of hydrogen-bond acceptors (Lipinski definition) is 2. The Morgan fingerprint density at radius 3 is 2.65 bits per heavy atom. The molecule has 1 aromatic carbocycles. The van der Waals surface area contributed by atoms with Crippen molar-refractivity contribution in [2.75, 3.05) is 0 Å². The molecule has 1 fully saturated rings. The van der Waals surface area contributed by atoms with Crippen LogP contribution in [0.25, 0.3) is 0 Å². The van der Waals surface area contributed by atoms with Crippen molar-refractivity contribution in [3.05, 3.63) is 29.6 Å². The quantitative estimate of drug-likeness (QED) is 0.848. The van der Waals surface area contributed by atoms with Crippen molar-refractivity contribution in [2.24, 2.45) is 5.92 Å². The Morgan fingerprint density at radius 2 is 2.12 bits per heavy atom. The molecule has 0 radical (unpaired) electrons. The van der Waals surface area contributed by atoms with Gasteiger partial charge >= 0.3 is 0 Å². The number of phenols is 1. The number of hydrogen-bond donors (Lipinski definition) is 2. The minimum absolute atomic E-state index is 0.0310. The zero-order valence-electron chi connectivity index (χ0n) is 9.96. The second kappa shape index (κ2) is 4.02. The number of halogens is 1. The van der Waals surface area contributed by atoms with Crippen molar-refractivity contribution >= 4 is 5.91 Å². The van der Waals surface area contributed by atoms with Gasteiger partial charge in [-0.25, -0.2) is 4.39 Å². The first-order valence-electron chi connectivity index (χ1n) is 5.71. The largest absolute Gasteiger partial charge is 0.508 e. The molecule has 0 bridgehead atoms. The van der Waals surface area contributed by atoms with Gasteiger partial charge in [-0.2, -0.15) is 0 Å². The molecular formula is C13H16FNO2. The van der Waals surface area contributed by atoms with Crippen LogP contribution in [0.1, 0.15) is 37.0 Å². The fraction of sp³-hybridized carbons (Fsp3) is 0.462. The predicted octanol–water partition coefficient (Wildman–Crippen LogP) is 2.45. The van der Waals surface area contributed by atoms with Gasteiger partial charge in [0.05, 0.1) is 5.56 Å². The second-order valence-electron chi connectivity index (χ2n) is 5.11. The van der Waals surface area contributed by atoms with Crippen molar-refractivity contribution in [3.8, 4) is 5.75 Å². The maximum atomic E-state index is 13.5. The van der Waals surface area contributed by atoms with Gasteiger partial charge < -0.3 is 10.4 Å². The molecule has 0 aliphatic heterocycles. The maximum absolute atomic E-state index is 13.5. The van der Waals surface area contributed by atoms with Crippen molar-refractivity contribution in [2.45, 2.75) is 32.2 Å². The summed E-state index contributed by atoms with van der Waals surface area (Å²) in [5.74, 6) is -0.833. The Labute approximate surface area is 99.7 Å². The van der Waals surface area contributed by atoms with Gasteiger partial charge in [-0.15, -0.1) is 0 Å². The molecule has 1 aromatic rings. The van der Waals surface area contributed by atoms with E-state index in [-0.39, 0.29) is 16.9 Å². The van der Waals surface area contributed by atoms with E-state index in [1.165, 1.54) is 12.1 Å². The third-order valence-corrected chi connectivity index (χ3v) is 3.23. The molecule has 92 valence electrons. The van der Waals surface area contributed by atoms with Crippen LogP contribution < -0.4 is 5.32 Å². The Kier molecular flexibility index (Phi) is 2.81. The molecule has 4 heteroatoms. The lowest BCUT2D eigenvalue weighted by Crippen LogP contribution is -2.45. The molecular weight excluding hydrogens is 221 g/mol. The number of carbonyl (C=O) groups is 1. The third-order valence-electron chi connectivity index (χ3n) is 3.23. The first kappa shape index (κ1) is 11.9. The fourth-order valence-corrected chi connectivity index (χ4v) is 1.96. The molecule has 2 N–H and O–H groups in total. The van der Waals surface area contributed by atoms with Crippen molar-refractivity contribution in [1.82, 2.24) is 5.32 Å². The minimum Gasteiger partial charge on any atom is -0.508 e. The molecule has 0 aromatic heterocycles. The minimum atomic E-state index is -0.700. The zero-order chi connectivity index (χ0) is 12.6. The van der Waals surface area contributed by atoms with E-state index in [1.54, 1.807) is 0 Å². The monoisotopic (exact) mass is 237 g/mol. The standard InChI is InChI=1S/C13H16FNO2/c1-13(2,8-3-4-8)15-12(17)10-6-5-9(16)7-11(10)14/h5-8,16H,3-4H2,1-2H3,(H,15,17). The first-order valence-corrected chi connectivity index (χ1v) is 5.71. The van der Waals surface area contributed by atoms with Crippen LogP contribution in [0.4, 0.5) is 4.39 Å². The van der Waals surface area contributed by atoms with Gasteiger partial charge in [0.15, 0.2) is 0 Å². The Bertz CT molecular complexity index is 453. The summed E-state index contributed by atoms with van der Waals surface area (Å²) in [7, 11) is 0. The van der Waals surface area contributed by atoms with Gasteiger partial charge in [-0.1, -0.05) is 0 Å². The number of benzene rings is 1. The van der Waals surface area contributed by atoms with E-state index in [1.807, 2.05) is 13.8 Å². The highest BCUT2D eigenvalue weighted by molar-refractivity contribution is 5.95. The summed E-state index contributed by atoms with van der Waals surface area (Å²) in [4.78, 5) is 11.9. The van der Waals surface area contributed by atoms with Crippen LogP contribution >= 0.6 is 0 Å². The summed E-state index contributed by atoms with van der Waals surface area (Å²) in [6.07, 6.45) is 2.21. The molecule has 1 aliphatic carbocycles. The molecule has 1 aliphatic rings. The SMILES string of the molecule is CC(C)(NC(=O)c1ccc(O)cc1F)C1CC1. The number of amides is 1.